The topological polar surface area (TPSA) is 64.8 Å². The van der Waals surface area contributed by atoms with Crippen molar-refractivity contribution in [2.24, 2.45) is 11.7 Å². The van der Waals surface area contributed by atoms with E-state index in [0.717, 1.165) is 45.4 Å². The van der Waals surface area contributed by atoms with Gasteiger partial charge in [-0.05, 0) is 38.5 Å². The van der Waals surface area contributed by atoms with Crippen LogP contribution in [0.15, 0.2) is 0 Å². The lowest BCUT2D eigenvalue weighted by Gasteiger charge is -2.33. The summed E-state index contributed by atoms with van der Waals surface area (Å²) in [6, 6.07) is 0.238. The molecule has 0 bridgehead atoms. The largest absolute Gasteiger partial charge is 0.378 e. The maximum Gasteiger partial charge on any atom is 0.224 e. The minimum absolute atomic E-state index is 0.209. The lowest BCUT2D eigenvalue weighted by atomic mass is 9.91. The van der Waals surface area contributed by atoms with Crippen LogP contribution >= 0.6 is 0 Å². The van der Waals surface area contributed by atoms with E-state index < -0.39 is 0 Å². The van der Waals surface area contributed by atoms with Gasteiger partial charge in [0.1, 0.15) is 0 Å². The average Bonchev–Trinajstić information content (AvgIpc) is 2.96. The van der Waals surface area contributed by atoms with Crippen LogP contribution in [0.25, 0.3) is 0 Å². The Morgan fingerprint density at radius 1 is 1.40 bits per heavy atom. The van der Waals surface area contributed by atoms with E-state index in [4.69, 9.17) is 15.2 Å². The van der Waals surface area contributed by atoms with Crippen LogP contribution in [-0.2, 0) is 14.3 Å². The molecule has 0 aliphatic carbocycles. The molecule has 2 N–H and O–H groups in total. The lowest BCUT2D eigenvalue weighted by Crippen LogP contribution is -2.42. The molecule has 1 amide bonds. The molecule has 5 nitrogen and oxygen atoms in total. The number of ether oxygens (including phenoxy) is 2. The van der Waals surface area contributed by atoms with E-state index >= 15 is 0 Å². The zero-order valence-corrected chi connectivity index (χ0v) is 12.6. The Labute approximate surface area is 121 Å². The van der Waals surface area contributed by atoms with Gasteiger partial charge in [0.15, 0.2) is 0 Å². The van der Waals surface area contributed by atoms with Crippen molar-refractivity contribution in [1.29, 1.82) is 0 Å². The first-order valence-electron chi connectivity index (χ1n) is 7.89. The normalized spacial score (nSPS) is 25.9. The van der Waals surface area contributed by atoms with Gasteiger partial charge in [0, 0.05) is 25.7 Å². The van der Waals surface area contributed by atoms with Crippen LogP contribution in [0.5, 0.6) is 0 Å². The fourth-order valence-corrected chi connectivity index (χ4v) is 2.98. The average molecular weight is 284 g/mol. The summed E-state index contributed by atoms with van der Waals surface area (Å²) in [5.74, 6) is 0.773. The van der Waals surface area contributed by atoms with Gasteiger partial charge in [-0.2, -0.15) is 0 Å². The van der Waals surface area contributed by atoms with Crippen LogP contribution < -0.4 is 5.73 Å². The summed E-state index contributed by atoms with van der Waals surface area (Å²) in [4.78, 5) is 14.0. The lowest BCUT2D eigenvalue weighted by molar-refractivity contribution is -0.134. The Morgan fingerprint density at radius 2 is 2.15 bits per heavy atom. The highest BCUT2D eigenvalue weighted by Gasteiger charge is 2.24. The van der Waals surface area contributed by atoms with E-state index in [9.17, 15) is 4.79 Å². The molecule has 2 saturated heterocycles. The van der Waals surface area contributed by atoms with E-state index in [1.54, 1.807) is 0 Å². The SMILES string of the molecule is CC(N)C1CCN(C(=O)CCOCC2CCCO2)CC1. The summed E-state index contributed by atoms with van der Waals surface area (Å²) in [6.45, 7) is 5.72. The molecule has 2 unspecified atom stereocenters. The van der Waals surface area contributed by atoms with E-state index in [-0.39, 0.29) is 18.1 Å². The molecule has 0 aromatic carbocycles. The molecule has 2 heterocycles. The van der Waals surface area contributed by atoms with Crippen LogP contribution in [0, 0.1) is 5.92 Å². The van der Waals surface area contributed by atoms with Crippen molar-refractivity contribution in [3.8, 4) is 0 Å². The number of likely N-dealkylation sites (tertiary alicyclic amines) is 1. The molecule has 0 aromatic rings. The van der Waals surface area contributed by atoms with Crippen LogP contribution in [0.1, 0.15) is 39.0 Å². The molecule has 2 atom stereocenters. The minimum atomic E-state index is 0.209. The molecule has 0 radical (unpaired) electrons. The summed E-state index contributed by atoms with van der Waals surface area (Å²) in [7, 11) is 0. The highest BCUT2D eigenvalue weighted by Crippen LogP contribution is 2.20. The van der Waals surface area contributed by atoms with Gasteiger partial charge in [-0.1, -0.05) is 0 Å². The molecule has 2 rings (SSSR count). The van der Waals surface area contributed by atoms with Crippen LogP contribution in [0.2, 0.25) is 0 Å². The monoisotopic (exact) mass is 284 g/mol. The van der Waals surface area contributed by atoms with Gasteiger partial charge in [-0.25, -0.2) is 0 Å². The molecule has 2 fully saturated rings. The maximum absolute atomic E-state index is 12.1. The number of carbonyl (C=O) groups is 1. The Kier molecular flexibility index (Phi) is 6.26. The summed E-state index contributed by atoms with van der Waals surface area (Å²) in [6.07, 6.45) is 4.99. The van der Waals surface area contributed by atoms with Crippen molar-refractivity contribution in [2.45, 2.75) is 51.2 Å². The van der Waals surface area contributed by atoms with Crippen molar-refractivity contribution >= 4 is 5.91 Å². The second kappa shape index (κ2) is 7.96. The Bertz CT molecular complexity index is 295. The Morgan fingerprint density at radius 3 is 2.75 bits per heavy atom. The van der Waals surface area contributed by atoms with Gasteiger partial charge in [-0.15, -0.1) is 0 Å². The van der Waals surface area contributed by atoms with E-state index in [0.29, 0.717) is 25.6 Å². The number of rotatable bonds is 6. The predicted molar refractivity (Wildman–Crippen MR) is 77.4 cm³/mol. The standard InChI is InChI=1S/C15H28N2O3/c1-12(16)13-4-7-17(8-5-13)15(18)6-10-19-11-14-3-2-9-20-14/h12-14H,2-11,16H2,1H3. The fraction of sp³-hybridized carbons (Fsp3) is 0.933. The smallest absolute Gasteiger partial charge is 0.224 e. The number of piperidine rings is 1. The highest BCUT2D eigenvalue weighted by atomic mass is 16.5. The van der Waals surface area contributed by atoms with Crippen molar-refractivity contribution in [1.82, 2.24) is 4.90 Å². The molecule has 5 heteroatoms. The zero-order chi connectivity index (χ0) is 14.4. The molecule has 0 saturated carbocycles. The summed E-state index contributed by atoms with van der Waals surface area (Å²) in [5.41, 5.74) is 5.91. The summed E-state index contributed by atoms with van der Waals surface area (Å²) >= 11 is 0. The van der Waals surface area contributed by atoms with Crippen molar-refractivity contribution in [2.75, 3.05) is 32.9 Å². The summed E-state index contributed by atoms with van der Waals surface area (Å²) in [5, 5.41) is 0. The first-order valence-corrected chi connectivity index (χ1v) is 7.89. The van der Waals surface area contributed by atoms with Crippen molar-refractivity contribution < 1.29 is 14.3 Å². The minimum Gasteiger partial charge on any atom is -0.378 e. The van der Waals surface area contributed by atoms with Crippen molar-refractivity contribution in [3.05, 3.63) is 0 Å². The Hall–Kier alpha value is -0.650. The Balaban J connectivity index is 1.56. The molecule has 0 aromatic heterocycles. The molecular weight excluding hydrogens is 256 g/mol. The highest BCUT2D eigenvalue weighted by molar-refractivity contribution is 5.76. The second-order valence-corrected chi connectivity index (χ2v) is 6.04. The number of nitrogens with two attached hydrogens (primary N) is 1. The van der Waals surface area contributed by atoms with Crippen LogP contribution in [-0.4, -0.2) is 55.9 Å². The van der Waals surface area contributed by atoms with Crippen LogP contribution in [0.3, 0.4) is 0 Å². The van der Waals surface area contributed by atoms with E-state index in [2.05, 4.69) is 6.92 Å². The van der Waals surface area contributed by atoms with Crippen LogP contribution in [0.4, 0.5) is 0 Å². The van der Waals surface area contributed by atoms with Gasteiger partial charge in [0.25, 0.3) is 0 Å². The van der Waals surface area contributed by atoms with Gasteiger partial charge >= 0.3 is 0 Å². The molecule has 20 heavy (non-hydrogen) atoms. The second-order valence-electron chi connectivity index (χ2n) is 6.04. The van der Waals surface area contributed by atoms with Gasteiger partial charge in [0.2, 0.25) is 5.91 Å². The number of hydrogen-bond donors (Lipinski definition) is 1. The fourth-order valence-electron chi connectivity index (χ4n) is 2.98. The molecule has 2 aliphatic rings. The third kappa shape index (κ3) is 4.72. The number of carbonyl (C=O) groups excluding carboxylic acids is 1. The molecule has 0 spiro atoms. The maximum atomic E-state index is 12.1. The molecule has 2 aliphatic heterocycles. The van der Waals surface area contributed by atoms with E-state index in [1.165, 1.54) is 0 Å². The van der Waals surface area contributed by atoms with Crippen molar-refractivity contribution in [3.63, 3.8) is 0 Å². The quantitative estimate of drug-likeness (QED) is 0.743. The first kappa shape index (κ1) is 15.7. The van der Waals surface area contributed by atoms with Gasteiger partial charge in [0.05, 0.1) is 25.7 Å². The molecule has 116 valence electrons. The van der Waals surface area contributed by atoms with Gasteiger partial charge < -0.3 is 20.1 Å². The predicted octanol–water partition coefficient (Wildman–Crippen LogP) is 1.16. The summed E-state index contributed by atoms with van der Waals surface area (Å²) < 4.78 is 11.0. The first-order chi connectivity index (χ1) is 9.66. The van der Waals surface area contributed by atoms with E-state index in [1.807, 2.05) is 4.90 Å². The number of hydrogen-bond acceptors (Lipinski definition) is 4. The molecular formula is C15H28N2O3. The zero-order valence-electron chi connectivity index (χ0n) is 12.6. The van der Waals surface area contributed by atoms with Gasteiger partial charge in [-0.3, -0.25) is 4.79 Å². The third-order valence-electron chi connectivity index (χ3n) is 4.42. The third-order valence-corrected chi connectivity index (χ3v) is 4.42. The number of amides is 1. The number of nitrogens with zero attached hydrogens (tertiary/aromatic N) is 1.